The quantitative estimate of drug-likeness (QED) is 0.195. The molecule has 23 heavy (non-hydrogen) atoms. The third-order valence-corrected chi connectivity index (χ3v) is 3.47. The van der Waals surface area contributed by atoms with E-state index >= 15 is 0 Å². The Kier molecular flexibility index (Phi) is 5.38. The summed E-state index contributed by atoms with van der Waals surface area (Å²) in [5.41, 5.74) is 0.446. The lowest BCUT2D eigenvalue weighted by Crippen LogP contribution is -3.00. The minimum absolute atomic E-state index is 0. The number of rotatable bonds is 4. The van der Waals surface area contributed by atoms with E-state index in [1.165, 1.54) is 24.3 Å². The summed E-state index contributed by atoms with van der Waals surface area (Å²) >= 11 is 0. The molecule has 3 rings (SSSR count). The fraction of sp³-hybridized carbons (Fsp3) is 0.0588. The van der Waals surface area contributed by atoms with Crippen LogP contribution in [-0.2, 0) is 6.54 Å². The van der Waals surface area contributed by atoms with Crippen molar-refractivity contribution in [1.82, 2.24) is 0 Å². The highest BCUT2D eigenvalue weighted by Crippen LogP contribution is 2.13. The lowest BCUT2D eigenvalue weighted by atomic mass is 10.1. The molecule has 0 atom stereocenters. The van der Waals surface area contributed by atoms with Gasteiger partial charge in [-0.25, -0.2) is 0 Å². The number of ketones is 1. The molecule has 0 bridgehead atoms. The first-order valence-corrected chi connectivity index (χ1v) is 6.79. The lowest BCUT2D eigenvalue weighted by molar-refractivity contribution is -0.681. The molecule has 0 aliphatic carbocycles. The molecular formula is C17H13IN2O3. The lowest BCUT2D eigenvalue weighted by Gasteiger charge is -2.00. The van der Waals surface area contributed by atoms with Gasteiger partial charge in [0.15, 0.2) is 12.4 Å². The number of aromatic nitrogens is 1. The number of carbonyl (C=O) groups excluding carboxylic acids is 1. The number of hydrogen-bond acceptors (Lipinski definition) is 3. The standard InChI is InChI=1S/C17H13N2O3.HI/c20-17(14-5-7-16(8-6-14)19(21)22)12-18-10-9-13-3-1-2-4-15(13)11-18;/h1-11H,12H2;1H/q+1;/p-1. The molecule has 5 nitrogen and oxygen atoms in total. The van der Waals surface area contributed by atoms with Crippen molar-refractivity contribution in [2.24, 2.45) is 0 Å². The molecule has 116 valence electrons. The number of nitro benzene ring substituents is 1. The van der Waals surface area contributed by atoms with Crippen molar-refractivity contribution in [2.45, 2.75) is 6.54 Å². The number of nitro groups is 1. The van der Waals surface area contributed by atoms with Crippen LogP contribution in [0.4, 0.5) is 5.69 Å². The van der Waals surface area contributed by atoms with Gasteiger partial charge in [-0.2, -0.15) is 4.57 Å². The molecular weight excluding hydrogens is 407 g/mol. The summed E-state index contributed by atoms with van der Waals surface area (Å²) in [5.74, 6) is -0.0878. The first-order chi connectivity index (χ1) is 10.6. The maximum Gasteiger partial charge on any atom is 0.269 e. The van der Waals surface area contributed by atoms with Crippen LogP contribution in [0.25, 0.3) is 10.8 Å². The molecule has 0 saturated carbocycles. The van der Waals surface area contributed by atoms with Gasteiger partial charge in [0.1, 0.15) is 0 Å². The summed E-state index contributed by atoms with van der Waals surface area (Å²) in [5, 5.41) is 12.8. The summed E-state index contributed by atoms with van der Waals surface area (Å²) in [6.45, 7) is 0.197. The average molecular weight is 420 g/mol. The van der Waals surface area contributed by atoms with Crippen LogP contribution in [0.5, 0.6) is 0 Å². The molecule has 0 spiro atoms. The van der Waals surface area contributed by atoms with Crippen molar-refractivity contribution in [2.75, 3.05) is 0 Å². The summed E-state index contributed by atoms with van der Waals surface area (Å²) in [6, 6.07) is 15.5. The Hall–Kier alpha value is -2.35. The molecule has 3 aromatic rings. The van der Waals surface area contributed by atoms with Gasteiger partial charge in [0, 0.05) is 29.1 Å². The van der Waals surface area contributed by atoms with Gasteiger partial charge >= 0.3 is 0 Å². The largest absolute Gasteiger partial charge is 1.00 e. The van der Waals surface area contributed by atoms with E-state index in [1.54, 1.807) is 0 Å². The second-order valence-corrected chi connectivity index (χ2v) is 4.97. The third-order valence-electron chi connectivity index (χ3n) is 3.47. The van der Waals surface area contributed by atoms with Crippen molar-refractivity contribution in [3.05, 3.63) is 82.7 Å². The smallest absolute Gasteiger partial charge is 0.269 e. The molecule has 0 aliphatic rings. The topological polar surface area (TPSA) is 64.1 Å². The van der Waals surface area contributed by atoms with Gasteiger partial charge in [-0.1, -0.05) is 18.2 Å². The van der Waals surface area contributed by atoms with Crippen LogP contribution in [0.15, 0.2) is 67.0 Å². The van der Waals surface area contributed by atoms with Crippen molar-refractivity contribution in [3.63, 3.8) is 0 Å². The molecule has 2 aromatic carbocycles. The highest BCUT2D eigenvalue weighted by atomic mass is 127. The molecule has 0 radical (unpaired) electrons. The van der Waals surface area contributed by atoms with E-state index in [-0.39, 0.29) is 42.0 Å². The van der Waals surface area contributed by atoms with E-state index < -0.39 is 4.92 Å². The highest BCUT2D eigenvalue weighted by molar-refractivity contribution is 5.95. The highest BCUT2D eigenvalue weighted by Gasteiger charge is 2.14. The van der Waals surface area contributed by atoms with Crippen LogP contribution >= 0.6 is 0 Å². The Balaban J connectivity index is 0.00000192. The number of halogens is 1. The van der Waals surface area contributed by atoms with Gasteiger partial charge < -0.3 is 24.0 Å². The molecule has 0 amide bonds. The third kappa shape index (κ3) is 3.89. The van der Waals surface area contributed by atoms with Crippen molar-refractivity contribution in [3.8, 4) is 0 Å². The number of pyridine rings is 1. The maximum absolute atomic E-state index is 12.2. The minimum Gasteiger partial charge on any atom is -1.00 e. The van der Waals surface area contributed by atoms with Crippen LogP contribution < -0.4 is 28.5 Å². The second kappa shape index (κ2) is 7.28. The second-order valence-electron chi connectivity index (χ2n) is 4.97. The summed E-state index contributed by atoms with van der Waals surface area (Å²) in [7, 11) is 0. The zero-order valence-corrected chi connectivity index (χ0v) is 14.2. The van der Waals surface area contributed by atoms with Crippen LogP contribution in [0, 0.1) is 10.1 Å². The Bertz CT molecular complexity index is 863. The normalized spacial score (nSPS) is 10.1. The van der Waals surface area contributed by atoms with Crippen molar-refractivity contribution in [1.29, 1.82) is 0 Å². The molecule has 0 fully saturated rings. The molecule has 6 heteroatoms. The Morgan fingerprint density at radius 3 is 2.30 bits per heavy atom. The van der Waals surface area contributed by atoms with E-state index in [0.29, 0.717) is 5.56 Å². The minimum atomic E-state index is -0.480. The number of fused-ring (bicyclic) bond motifs is 1. The van der Waals surface area contributed by atoms with Crippen molar-refractivity contribution < 1.29 is 38.3 Å². The molecule has 0 saturated heterocycles. The molecule has 1 aromatic heterocycles. The number of non-ortho nitro benzene ring substituents is 1. The number of Topliss-reactive ketones (excluding diaryl/α,β-unsaturated/α-hetero) is 1. The predicted octanol–water partition coefficient (Wildman–Crippen LogP) is -0.0776. The predicted molar refractivity (Wildman–Crippen MR) is 81.6 cm³/mol. The van der Waals surface area contributed by atoms with E-state index in [9.17, 15) is 14.9 Å². The van der Waals surface area contributed by atoms with Gasteiger partial charge in [0.2, 0.25) is 12.3 Å². The summed E-state index contributed by atoms with van der Waals surface area (Å²) in [4.78, 5) is 22.4. The van der Waals surface area contributed by atoms with Crippen LogP contribution in [-0.4, -0.2) is 10.7 Å². The van der Waals surface area contributed by atoms with E-state index in [2.05, 4.69) is 0 Å². The van der Waals surface area contributed by atoms with Crippen LogP contribution in [0.3, 0.4) is 0 Å². The zero-order chi connectivity index (χ0) is 15.5. The number of hydrogen-bond donors (Lipinski definition) is 0. The van der Waals surface area contributed by atoms with Gasteiger partial charge in [0.25, 0.3) is 5.69 Å². The summed E-state index contributed by atoms with van der Waals surface area (Å²) in [6.07, 6.45) is 3.77. The molecule has 0 aliphatic heterocycles. The SMILES string of the molecule is O=C(C[n+]1ccc2ccccc2c1)c1ccc([N+](=O)[O-])cc1.[I-]. The number of carbonyl (C=O) groups is 1. The van der Waals surface area contributed by atoms with Gasteiger partial charge in [-0.3, -0.25) is 14.9 Å². The Morgan fingerprint density at radius 1 is 1.00 bits per heavy atom. The molecule has 0 unspecified atom stereocenters. The first-order valence-electron chi connectivity index (χ1n) is 6.79. The van der Waals surface area contributed by atoms with Gasteiger partial charge in [-0.15, -0.1) is 0 Å². The zero-order valence-electron chi connectivity index (χ0n) is 12.1. The van der Waals surface area contributed by atoms with Gasteiger partial charge in [-0.05, 0) is 23.6 Å². The van der Waals surface area contributed by atoms with E-state index in [1.807, 2.05) is 47.3 Å². The molecule has 1 heterocycles. The summed E-state index contributed by atoms with van der Waals surface area (Å²) < 4.78 is 1.81. The maximum atomic E-state index is 12.2. The average Bonchev–Trinajstić information content (AvgIpc) is 2.55. The first kappa shape index (κ1) is 17.0. The van der Waals surface area contributed by atoms with Crippen molar-refractivity contribution >= 4 is 22.2 Å². The number of benzene rings is 2. The number of nitrogens with zero attached hydrogens (tertiary/aromatic N) is 2. The Morgan fingerprint density at radius 2 is 1.65 bits per heavy atom. The van der Waals surface area contributed by atoms with Crippen LogP contribution in [0.1, 0.15) is 10.4 Å². The van der Waals surface area contributed by atoms with E-state index in [0.717, 1.165) is 10.8 Å². The molecule has 0 N–H and O–H groups in total. The fourth-order valence-corrected chi connectivity index (χ4v) is 2.30. The van der Waals surface area contributed by atoms with E-state index in [4.69, 9.17) is 0 Å². The monoisotopic (exact) mass is 420 g/mol. The fourth-order valence-electron chi connectivity index (χ4n) is 2.30. The van der Waals surface area contributed by atoms with Gasteiger partial charge in [0.05, 0.1) is 4.92 Å². The van der Waals surface area contributed by atoms with Crippen LogP contribution in [0.2, 0.25) is 0 Å². The Labute approximate surface area is 149 Å².